The standard InChI is InChI=1S/C62H124NO8P/c1-3-5-7-9-11-13-15-17-19-21-23-25-27-28-29-30-31-33-35-37-39-41-43-45-47-49-51-53-55-62(65)71-60(59-70-72(66,67)69-57-56-63)58-68-61(64)54-52-50-48-46-44-42-40-38-36-34-32-26-24-22-20-18-16-14-12-10-8-6-4-2/h60H,3-59,63H2,1-2H3,(H,66,67). The summed E-state index contributed by atoms with van der Waals surface area (Å²) in [6.45, 7) is 3.84. The third kappa shape index (κ3) is 58.3. The SMILES string of the molecule is CCCCCCCCCCCCCCCCCCCCCCCCCCCCCCC(=O)OC(COC(=O)CCCCCCCCCCCCCCCCCCCCCCCCC)COP(=O)(O)OCCN. The van der Waals surface area contributed by atoms with Gasteiger partial charge < -0.3 is 20.1 Å². The predicted octanol–water partition coefficient (Wildman–Crippen LogP) is 20.2. The fourth-order valence-corrected chi connectivity index (χ4v) is 10.8. The number of nitrogens with two attached hydrogens (primary N) is 1. The molecule has 0 rings (SSSR count). The summed E-state index contributed by atoms with van der Waals surface area (Å²) < 4.78 is 33.1. The average molecular weight is 1040 g/mol. The van der Waals surface area contributed by atoms with Crippen molar-refractivity contribution in [2.45, 2.75) is 360 Å². The van der Waals surface area contributed by atoms with Gasteiger partial charge in [0.15, 0.2) is 6.10 Å². The molecule has 0 aromatic rings. The second kappa shape index (κ2) is 59.3. The van der Waals surface area contributed by atoms with Gasteiger partial charge in [0.05, 0.1) is 13.2 Å². The van der Waals surface area contributed by atoms with Gasteiger partial charge in [0.2, 0.25) is 0 Å². The number of carbonyl (C=O) groups excluding carboxylic acids is 2. The minimum Gasteiger partial charge on any atom is -0.462 e. The van der Waals surface area contributed by atoms with Crippen LogP contribution in [0.1, 0.15) is 354 Å². The summed E-state index contributed by atoms with van der Waals surface area (Å²) in [7, 11) is -4.38. The van der Waals surface area contributed by atoms with E-state index in [-0.39, 0.29) is 32.1 Å². The Balaban J connectivity index is 3.84. The topological polar surface area (TPSA) is 134 Å². The normalized spacial score (nSPS) is 12.9. The monoisotopic (exact) mass is 1040 g/mol. The van der Waals surface area contributed by atoms with Gasteiger partial charge in [0.1, 0.15) is 6.61 Å². The molecule has 0 aromatic heterocycles. The summed E-state index contributed by atoms with van der Waals surface area (Å²) >= 11 is 0. The minimum atomic E-state index is -4.38. The molecule has 0 spiro atoms. The molecule has 3 N–H and O–H groups in total. The zero-order valence-corrected chi connectivity index (χ0v) is 49.1. The molecule has 0 saturated heterocycles. The molecule has 0 aliphatic rings. The van der Waals surface area contributed by atoms with Crippen molar-refractivity contribution in [3.8, 4) is 0 Å². The molecule has 2 unspecified atom stereocenters. The van der Waals surface area contributed by atoms with Crippen molar-refractivity contribution in [3.63, 3.8) is 0 Å². The number of unbranched alkanes of at least 4 members (excludes halogenated alkanes) is 49. The van der Waals surface area contributed by atoms with Gasteiger partial charge in [0, 0.05) is 19.4 Å². The number of ether oxygens (including phenoxy) is 2. The highest BCUT2D eigenvalue weighted by atomic mass is 31.2. The first-order valence-electron chi connectivity index (χ1n) is 32.0. The van der Waals surface area contributed by atoms with Crippen LogP contribution in [0.3, 0.4) is 0 Å². The maximum absolute atomic E-state index is 12.7. The lowest BCUT2D eigenvalue weighted by Gasteiger charge is -2.19. The molecule has 0 aromatic carbocycles. The van der Waals surface area contributed by atoms with Crippen molar-refractivity contribution in [1.29, 1.82) is 0 Å². The first kappa shape index (κ1) is 71.0. The van der Waals surface area contributed by atoms with E-state index in [1.807, 2.05) is 0 Å². The van der Waals surface area contributed by atoms with Crippen LogP contribution in [0.25, 0.3) is 0 Å². The second-order valence-electron chi connectivity index (χ2n) is 22.0. The van der Waals surface area contributed by atoms with E-state index >= 15 is 0 Å². The van der Waals surface area contributed by atoms with Crippen LogP contribution in [-0.2, 0) is 32.7 Å². The van der Waals surface area contributed by atoms with Gasteiger partial charge >= 0.3 is 19.8 Å². The van der Waals surface area contributed by atoms with Crippen molar-refractivity contribution in [1.82, 2.24) is 0 Å². The van der Waals surface area contributed by atoms with Crippen molar-refractivity contribution < 1.29 is 37.6 Å². The van der Waals surface area contributed by atoms with Crippen molar-refractivity contribution >= 4 is 19.8 Å². The zero-order valence-electron chi connectivity index (χ0n) is 48.2. The zero-order chi connectivity index (χ0) is 52.4. The second-order valence-corrected chi connectivity index (χ2v) is 23.5. The number of carbonyl (C=O) groups is 2. The first-order chi connectivity index (χ1) is 35.3. The van der Waals surface area contributed by atoms with E-state index in [4.69, 9.17) is 24.3 Å². The summed E-state index contributed by atoms with van der Waals surface area (Å²) in [6.07, 6.45) is 67.5. The van der Waals surface area contributed by atoms with Crippen LogP contribution < -0.4 is 5.73 Å². The number of hydrogen-bond acceptors (Lipinski definition) is 8. The van der Waals surface area contributed by atoms with E-state index in [1.165, 1.54) is 289 Å². The molecule has 0 fully saturated rings. The van der Waals surface area contributed by atoms with Crippen LogP contribution in [0, 0.1) is 0 Å². The van der Waals surface area contributed by atoms with E-state index in [2.05, 4.69) is 13.8 Å². The number of rotatable bonds is 62. The molecule has 0 saturated carbocycles. The summed E-state index contributed by atoms with van der Waals surface area (Å²) in [4.78, 5) is 35.3. The molecule has 0 heterocycles. The van der Waals surface area contributed by atoms with Crippen LogP contribution >= 0.6 is 7.82 Å². The lowest BCUT2D eigenvalue weighted by atomic mass is 10.0. The molecule has 0 aliphatic heterocycles. The van der Waals surface area contributed by atoms with Gasteiger partial charge in [0.25, 0.3) is 0 Å². The molecule has 0 aliphatic carbocycles. The summed E-state index contributed by atoms with van der Waals surface area (Å²) in [5.41, 5.74) is 5.39. The maximum atomic E-state index is 12.7. The van der Waals surface area contributed by atoms with Crippen molar-refractivity contribution in [2.24, 2.45) is 5.73 Å². The molecule has 430 valence electrons. The molecular weight excluding hydrogens is 918 g/mol. The van der Waals surface area contributed by atoms with E-state index in [0.717, 1.165) is 32.1 Å². The highest BCUT2D eigenvalue weighted by molar-refractivity contribution is 7.47. The van der Waals surface area contributed by atoms with E-state index < -0.39 is 26.5 Å². The fourth-order valence-electron chi connectivity index (χ4n) is 10.00. The Kier molecular flexibility index (Phi) is 58.4. The Morgan fingerprint density at radius 2 is 0.597 bits per heavy atom. The minimum absolute atomic E-state index is 0.0587. The van der Waals surface area contributed by atoms with Crippen molar-refractivity contribution in [2.75, 3.05) is 26.4 Å². The fraction of sp³-hybridized carbons (Fsp3) is 0.968. The smallest absolute Gasteiger partial charge is 0.462 e. The highest BCUT2D eigenvalue weighted by Crippen LogP contribution is 2.43. The third-order valence-corrected chi connectivity index (χ3v) is 15.7. The molecule has 0 amide bonds. The molecule has 72 heavy (non-hydrogen) atoms. The number of esters is 2. The summed E-state index contributed by atoms with van der Waals surface area (Å²) in [5.74, 6) is -0.799. The van der Waals surface area contributed by atoms with Crippen LogP contribution in [0.4, 0.5) is 0 Å². The Morgan fingerprint density at radius 1 is 0.361 bits per heavy atom. The van der Waals surface area contributed by atoms with Gasteiger partial charge in [-0.3, -0.25) is 18.6 Å². The highest BCUT2D eigenvalue weighted by Gasteiger charge is 2.26. The average Bonchev–Trinajstić information content (AvgIpc) is 3.37. The molecular formula is C62H124NO8P. The third-order valence-electron chi connectivity index (χ3n) is 14.7. The van der Waals surface area contributed by atoms with Crippen LogP contribution in [0.5, 0.6) is 0 Å². The summed E-state index contributed by atoms with van der Waals surface area (Å²) in [6, 6.07) is 0. The van der Waals surface area contributed by atoms with Gasteiger partial charge in [-0.25, -0.2) is 4.57 Å². The Labute approximate surface area is 447 Å². The largest absolute Gasteiger partial charge is 0.472 e. The quantitative estimate of drug-likeness (QED) is 0.0347. The maximum Gasteiger partial charge on any atom is 0.472 e. The van der Waals surface area contributed by atoms with Gasteiger partial charge in [-0.05, 0) is 12.8 Å². The number of phosphoric ester groups is 1. The number of hydrogen-bond donors (Lipinski definition) is 2. The number of phosphoric acid groups is 1. The predicted molar refractivity (Wildman–Crippen MR) is 308 cm³/mol. The van der Waals surface area contributed by atoms with Crippen LogP contribution in [0.15, 0.2) is 0 Å². The molecule has 0 radical (unpaired) electrons. The summed E-state index contributed by atoms with van der Waals surface area (Å²) in [5, 5.41) is 0. The van der Waals surface area contributed by atoms with Gasteiger partial charge in [-0.15, -0.1) is 0 Å². The van der Waals surface area contributed by atoms with Gasteiger partial charge in [-0.2, -0.15) is 0 Å². The van der Waals surface area contributed by atoms with Gasteiger partial charge in [-0.1, -0.05) is 328 Å². The molecule has 9 nitrogen and oxygen atoms in total. The first-order valence-corrected chi connectivity index (χ1v) is 33.5. The lowest BCUT2D eigenvalue weighted by molar-refractivity contribution is -0.161. The molecule has 2 atom stereocenters. The molecule has 10 heteroatoms. The van der Waals surface area contributed by atoms with E-state index in [0.29, 0.717) is 12.8 Å². The van der Waals surface area contributed by atoms with Crippen molar-refractivity contribution in [3.05, 3.63) is 0 Å². The van der Waals surface area contributed by atoms with E-state index in [1.54, 1.807) is 0 Å². The van der Waals surface area contributed by atoms with E-state index in [9.17, 15) is 19.0 Å². The molecule has 0 bridgehead atoms. The van der Waals surface area contributed by atoms with Crippen LogP contribution in [0.2, 0.25) is 0 Å². The van der Waals surface area contributed by atoms with Crippen LogP contribution in [-0.4, -0.2) is 49.3 Å². The Bertz CT molecular complexity index is 1140. The Hall–Kier alpha value is -0.990. The lowest BCUT2D eigenvalue weighted by Crippen LogP contribution is -2.29. The Morgan fingerprint density at radius 3 is 0.847 bits per heavy atom.